The number of hydrogen-bond donors (Lipinski definition) is 1. The Morgan fingerprint density at radius 1 is 1.62 bits per heavy atom. The van der Waals surface area contributed by atoms with Gasteiger partial charge in [0.1, 0.15) is 0 Å². The van der Waals surface area contributed by atoms with Crippen LogP contribution in [0.1, 0.15) is 5.56 Å². The quantitative estimate of drug-likeness (QED) is 0.795. The summed E-state index contributed by atoms with van der Waals surface area (Å²) < 4.78 is 12.8. The molecule has 2 nitrogen and oxygen atoms in total. The van der Waals surface area contributed by atoms with Gasteiger partial charge in [-0.1, -0.05) is 23.7 Å². The predicted molar refractivity (Wildman–Crippen MR) is 49.2 cm³/mol. The van der Waals surface area contributed by atoms with Crippen molar-refractivity contribution in [2.24, 2.45) is 5.73 Å². The second-order valence-corrected chi connectivity index (χ2v) is 3.14. The van der Waals surface area contributed by atoms with Crippen molar-refractivity contribution in [2.75, 3.05) is 0 Å². The van der Waals surface area contributed by atoms with Crippen molar-refractivity contribution in [3.63, 3.8) is 0 Å². The highest BCUT2D eigenvalue weighted by Gasteiger charge is 2.13. The lowest BCUT2D eigenvalue weighted by Crippen LogP contribution is -2.26. The van der Waals surface area contributed by atoms with Gasteiger partial charge in [0.15, 0.2) is 6.17 Å². The highest BCUT2D eigenvalue weighted by atomic mass is 35.5. The fourth-order valence-electron chi connectivity index (χ4n) is 0.971. The van der Waals surface area contributed by atoms with Gasteiger partial charge in [0, 0.05) is 11.4 Å². The fourth-order valence-corrected chi connectivity index (χ4v) is 1.18. The molecule has 70 valence electrons. The van der Waals surface area contributed by atoms with Gasteiger partial charge in [0.25, 0.3) is 5.91 Å². The van der Waals surface area contributed by atoms with Gasteiger partial charge in [-0.2, -0.15) is 0 Å². The molecule has 0 saturated carbocycles. The van der Waals surface area contributed by atoms with E-state index in [-0.39, 0.29) is 6.42 Å². The number of halogens is 2. The van der Waals surface area contributed by atoms with Crippen molar-refractivity contribution in [3.8, 4) is 0 Å². The van der Waals surface area contributed by atoms with Crippen molar-refractivity contribution in [1.82, 2.24) is 0 Å². The zero-order valence-corrected chi connectivity index (χ0v) is 7.59. The van der Waals surface area contributed by atoms with Crippen LogP contribution in [0.4, 0.5) is 4.39 Å². The highest BCUT2D eigenvalue weighted by Crippen LogP contribution is 2.13. The predicted octanol–water partition coefficient (Wildman–Crippen LogP) is 1.71. The van der Waals surface area contributed by atoms with Crippen LogP contribution in [0.2, 0.25) is 5.02 Å². The monoisotopic (exact) mass is 201 g/mol. The SMILES string of the molecule is NC(=O)C(F)Cc1cccc(Cl)c1. The summed E-state index contributed by atoms with van der Waals surface area (Å²) in [7, 11) is 0. The molecule has 1 amide bonds. The zero-order chi connectivity index (χ0) is 9.84. The summed E-state index contributed by atoms with van der Waals surface area (Å²) in [6, 6.07) is 6.69. The van der Waals surface area contributed by atoms with E-state index < -0.39 is 12.1 Å². The molecule has 0 fully saturated rings. The molecule has 13 heavy (non-hydrogen) atoms. The molecule has 0 aliphatic carbocycles. The second-order valence-electron chi connectivity index (χ2n) is 2.70. The van der Waals surface area contributed by atoms with Crippen LogP contribution >= 0.6 is 11.6 Å². The number of carbonyl (C=O) groups excluding carboxylic acids is 1. The maximum absolute atomic E-state index is 12.8. The molecular weight excluding hydrogens is 193 g/mol. The number of nitrogens with two attached hydrogens (primary N) is 1. The van der Waals surface area contributed by atoms with Gasteiger partial charge in [0.05, 0.1) is 0 Å². The summed E-state index contributed by atoms with van der Waals surface area (Å²) >= 11 is 5.67. The third-order valence-corrected chi connectivity index (χ3v) is 1.85. The summed E-state index contributed by atoms with van der Waals surface area (Å²) in [6.45, 7) is 0. The van der Waals surface area contributed by atoms with Crippen LogP contribution in [-0.4, -0.2) is 12.1 Å². The number of alkyl halides is 1. The van der Waals surface area contributed by atoms with Crippen molar-refractivity contribution < 1.29 is 9.18 Å². The van der Waals surface area contributed by atoms with Crippen molar-refractivity contribution in [2.45, 2.75) is 12.6 Å². The maximum Gasteiger partial charge on any atom is 0.252 e. The Kier molecular flexibility index (Phi) is 3.25. The van der Waals surface area contributed by atoms with E-state index in [1.165, 1.54) is 0 Å². The van der Waals surface area contributed by atoms with Crippen LogP contribution in [-0.2, 0) is 11.2 Å². The van der Waals surface area contributed by atoms with Crippen LogP contribution < -0.4 is 5.73 Å². The van der Waals surface area contributed by atoms with Crippen LogP contribution in [0.5, 0.6) is 0 Å². The van der Waals surface area contributed by atoms with E-state index in [1.54, 1.807) is 24.3 Å². The average molecular weight is 202 g/mol. The van der Waals surface area contributed by atoms with Crippen LogP contribution in [0, 0.1) is 0 Å². The van der Waals surface area contributed by atoms with E-state index in [9.17, 15) is 9.18 Å². The molecule has 0 aromatic heterocycles. The molecule has 1 atom stereocenters. The zero-order valence-electron chi connectivity index (χ0n) is 6.84. The molecular formula is C9H9ClFNO. The largest absolute Gasteiger partial charge is 0.367 e. The van der Waals surface area contributed by atoms with E-state index in [1.807, 2.05) is 0 Å². The first kappa shape index (κ1) is 9.99. The van der Waals surface area contributed by atoms with Crippen LogP contribution in [0.3, 0.4) is 0 Å². The molecule has 0 aliphatic heterocycles. The van der Waals surface area contributed by atoms with E-state index in [4.69, 9.17) is 17.3 Å². The molecule has 0 spiro atoms. The number of amides is 1. The first-order chi connectivity index (χ1) is 6.09. The Morgan fingerprint density at radius 3 is 2.85 bits per heavy atom. The van der Waals surface area contributed by atoms with Gasteiger partial charge in [-0.05, 0) is 17.7 Å². The third kappa shape index (κ3) is 3.03. The van der Waals surface area contributed by atoms with E-state index in [0.717, 1.165) is 0 Å². The summed E-state index contributed by atoms with van der Waals surface area (Å²) in [6.07, 6.45) is -1.66. The van der Waals surface area contributed by atoms with Crippen LogP contribution in [0.15, 0.2) is 24.3 Å². The molecule has 2 N–H and O–H groups in total. The minimum atomic E-state index is -1.64. The van der Waals surface area contributed by atoms with Gasteiger partial charge < -0.3 is 5.73 Å². The van der Waals surface area contributed by atoms with E-state index >= 15 is 0 Å². The number of rotatable bonds is 3. The van der Waals surface area contributed by atoms with Crippen molar-refractivity contribution >= 4 is 17.5 Å². The van der Waals surface area contributed by atoms with Gasteiger partial charge >= 0.3 is 0 Å². The number of benzene rings is 1. The molecule has 0 saturated heterocycles. The second kappa shape index (κ2) is 4.23. The topological polar surface area (TPSA) is 43.1 Å². The van der Waals surface area contributed by atoms with E-state index in [2.05, 4.69) is 0 Å². The van der Waals surface area contributed by atoms with Crippen LogP contribution in [0.25, 0.3) is 0 Å². The molecule has 0 bridgehead atoms. The summed E-state index contributed by atoms with van der Waals surface area (Å²) in [5, 5.41) is 0.522. The van der Waals surface area contributed by atoms with Gasteiger partial charge in [-0.25, -0.2) is 4.39 Å². The Hall–Kier alpha value is -1.09. The number of primary amides is 1. The van der Waals surface area contributed by atoms with E-state index in [0.29, 0.717) is 10.6 Å². The fraction of sp³-hybridized carbons (Fsp3) is 0.222. The molecule has 0 aliphatic rings. The standard InChI is InChI=1S/C9H9ClFNO/c10-7-3-1-2-6(4-7)5-8(11)9(12)13/h1-4,8H,5H2,(H2,12,13). The minimum absolute atomic E-state index is 0.0180. The Bertz CT molecular complexity index is 316. The van der Waals surface area contributed by atoms with Crippen molar-refractivity contribution in [3.05, 3.63) is 34.9 Å². The molecule has 1 unspecified atom stereocenters. The molecule has 1 rings (SSSR count). The summed E-state index contributed by atoms with van der Waals surface area (Å²) in [5.74, 6) is -0.944. The first-order valence-electron chi connectivity index (χ1n) is 3.77. The van der Waals surface area contributed by atoms with Crippen molar-refractivity contribution in [1.29, 1.82) is 0 Å². The Balaban J connectivity index is 2.69. The van der Waals surface area contributed by atoms with Gasteiger partial charge in [-0.3, -0.25) is 4.79 Å². The third-order valence-electron chi connectivity index (χ3n) is 1.61. The summed E-state index contributed by atoms with van der Waals surface area (Å²) in [4.78, 5) is 10.4. The molecule has 1 aromatic carbocycles. The first-order valence-corrected chi connectivity index (χ1v) is 4.15. The smallest absolute Gasteiger partial charge is 0.252 e. The number of carbonyl (C=O) groups is 1. The lowest BCUT2D eigenvalue weighted by molar-refractivity contribution is -0.122. The summed E-state index contributed by atoms with van der Waals surface area (Å²) in [5.41, 5.74) is 5.44. The molecule has 4 heteroatoms. The highest BCUT2D eigenvalue weighted by molar-refractivity contribution is 6.30. The average Bonchev–Trinajstić information content (AvgIpc) is 2.04. The lowest BCUT2D eigenvalue weighted by atomic mass is 10.1. The lowest BCUT2D eigenvalue weighted by Gasteiger charge is -2.03. The maximum atomic E-state index is 12.8. The molecule has 0 radical (unpaired) electrons. The Morgan fingerprint density at radius 2 is 2.31 bits per heavy atom. The Labute approximate surface area is 80.5 Å². The number of hydrogen-bond acceptors (Lipinski definition) is 1. The minimum Gasteiger partial charge on any atom is -0.367 e. The van der Waals surface area contributed by atoms with Gasteiger partial charge in [0.2, 0.25) is 0 Å². The normalized spacial score (nSPS) is 12.5. The van der Waals surface area contributed by atoms with Gasteiger partial charge in [-0.15, -0.1) is 0 Å². The molecule has 0 heterocycles. The molecule has 1 aromatic rings.